The number of nitrogens with one attached hydrogen (secondary N) is 1. The fraction of sp³-hybridized carbons (Fsp3) is 0.400. The van der Waals surface area contributed by atoms with Crippen LogP contribution in [0.3, 0.4) is 0 Å². The van der Waals surface area contributed by atoms with Gasteiger partial charge in [0, 0.05) is 18.3 Å². The van der Waals surface area contributed by atoms with Gasteiger partial charge < -0.3 is 11.1 Å². The largest absolute Gasteiger partial charge is 0.367 e. The van der Waals surface area contributed by atoms with Crippen molar-refractivity contribution in [1.82, 2.24) is 14.8 Å². The molecule has 0 unspecified atom stereocenters. The Morgan fingerprint density at radius 1 is 1.33 bits per heavy atom. The topological polar surface area (TPSA) is 85.8 Å². The molecular weight excluding hydrogens is 266 g/mol. The van der Waals surface area contributed by atoms with Crippen molar-refractivity contribution in [3.63, 3.8) is 0 Å². The van der Waals surface area contributed by atoms with E-state index in [4.69, 9.17) is 5.73 Å². The van der Waals surface area contributed by atoms with Gasteiger partial charge in [-0.1, -0.05) is 0 Å². The van der Waals surface area contributed by atoms with Crippen LogP contribution in [0, 0.1) is 5.92 Å². The van der Waals surface area contributed by atoms with E-state index in [1.807, 2.05) is 12.1 Å². The smallest absolute Gasteiger partial charge is 0.271 e. The number of aromatic nitrogens is 3. The van der Waals surface area contributed by atoms with E-state index in [1.54, 1.807) is 18.5 Å². The zero-order valence-electron chi connectivity index (χ0n) is 11.8. The zero-order valence-corrected chi connectivity index (χ0v) is 11.8. The van der Waals surface area contributed by atoms with Crippen molar-refractivity contribution in [2.75, 3.05) is 11.9 Å². The molecule has 110 valence electrons. The third-order valence-electron chi connectivity index (χ3n) is 3.93. The summed E-state index contributed by atoms with van der Waals surface area (Å²) in [5.41, 5.74) is 6.20. The fourth-order valence-electron chi connectivity index (χ4n) is 2.78. The first-order valence-corrected chi connectivity index (χ1v) is 7.23. The second-order valence-corrected chi connectivity index (χ2v) is 5.43. The molecule has 2 atom stereocenters. The average Bonchev–Trinajstić information content (AvgIpc) is 2.96. The van der Waals surface area contributed by atoms with E-state index in [9.17, 15) is 4.79 Å². The van der Waals surface area contributed by atoms with E-state index in [1.165, 1.54) is 17.2 Å². The van der Waals surface area contributed by atoms with Gasteiger partial charge in [-0.05, 0) is 49.9 Å². The zero-order chi connectivity index (χ0) is 14.7. The summed E-state index contributed by atoms with van der Waals surface area (Å²) >= 11 is 0. The molecule has 0 saturated heterocycles. The van der Waals surface area contributed by atoms with Crippen molar-refractivity contribution in [2.24, 2.45) is 11.7 Å². The van der Waals surface area contributed by atoms with Crippen molar-refractivity contribution in [1.29, 1.82) is 0 Å². The van der Waals surface area contributed by atoms with Gasteiger partial charge in [-0.2, -0.15) is 9.78 Å². The van der Waals surface area contributed by atoms with Gasteiger partial charge in [0.1, 0.15) is 5.82 Å². The molecule has 2 aromatic heterocycles. The van der Waals surface area contributed by atoms with E-state index in [0.29, 0.717) is 17.6 Å². The molecular formula is C15H19N5O. The van der Waals surface area contributed by atoms with Crippen molar-refractivity contribution in [3.8, 4) is 5.69 Å². The summed E-state index contributed by atoms with van der Waals surface area (Å²) in [6, 6.07) is 7.26. The minimum Gasteiger partial charge on any atom is -0.367 e. The van der Waals surface area contributed by atoms with Crippen LogP contribution in [0.1, 0.15) is 19.3 Å². The molecule has 1 fully saturated rings. The molecule has 3 N–H and O–H groups in total. The van der Waals surface area contributed by atoms with Gasteiger partial charge in [-0.25, -0.2) is 4.98 Å². The minimum atomic E-state index is -0.165. The quantitative estimate of drug-likeness (QED) is 0.880. The Bertz CT molecular complexity index is 652. The molecule has 1 aliphatic carbocycles. The number of nitrogens with zero attached hydrogens (tertiary/aromatic N) is 3. The lowest BCUT2D eigenvalue weighted by Crippen LogP contribution is -2.20. The van der Waals surface area contributed by atoms with Gasteiger partial charge in [-0.15, -0.1) is 0 Å². The van der Waals surface area contributed by atoms with Crippen LogP contribution < -0.4 is 16.6 Å². The standard InChI is InChI=1S/C15H19N5O/c16-9-11-3-4-12(8-11)19-14-6-5-13(10-17-14)20-15(21)2-1-7-18-20/h1-2,5-7,10-12H,3-4,8-9,16H2,(H,17,19)/t11-,12+/m1/s1. The first kappa shape index (κ1) is 13.8. The predicted octanol–water partition coefficient (Wildman–Crippen LogP) is 1.17. The Kier molecular flexibility index (Phi) is 3.96. The SMILES string of the molecule is NC[C@@H]1CC[C@H](Nc2ccc(-n3ncccc3=O)cn2)C1. The molecule has 0 radical (unpaired) electrons. The summed E-state index contributed by atoms with van der Waals surface area (Å²) in [6.45, 7) is 0.757. The second-order valence-electron chi connectivity index (χ2n) is 5.43. The highest BCUT2D eigenvalue weighted by atomic mass is 16.1. The van der Waals surface area contributed by atoms with Crippen molar-refractivity contribution in [2.45, 2.75) is 25.3 Å². The van der Waals surface area contributed by atoms with Gasteiger partial charge >= 0.3 is 0 Å². The molecule has 0 bridgehead atoms. The lowest BCUT2D eigenvalue weighted by Gasteiger charge is -2.13. The van der Waals surface area contributed by atoms with E-state index in [0.717, 1.165) is 25.2 Å². The Labute approximate surface area is 123 Å². The van der Waals surface area contributed by atoms with Crippen LogP contribution in [0.5, 0.6) is 0 Å². The molecule has 0 spiro atoms. The third kappa shape index (κ3) is 3.11. The van der Waals surface area contributed by atoms with Crippen molar-refractivity contribution < 1.29 is 0 Å². The molecule has 6 nitrogen and oxygen atoms in total. The fourth-order valence-corrected chi connectivity index (χ4v) is 2.78. The third-order valence-corrected chi connectivity index (χ3v) is 3.93. The number of hydrogen-bond acceptors (Lipinski definition) is 5. The Morgan fingerprint density at radius 2 is 2.24 bits per heavy atom. The van der Waals surface area contributed by atoms with Gasteiger partial charge in [0.15, 0.2) is 0 Å². The summed E-state index contributed by atoms with van der Waals surface area (Å²) in [4.78, 5) is 16.1. The lowest BCUT2D eigenvalue weighted by molar-refractivity contribution is 0.555. The van der Waals surface area contributed by atoms with Crippen LogP contribution in [0.25, 0.3) is 5.69 Å². The summed E-state index contributed by atoms with van der Waals surface area (Å²) in [5.74, 6) is 1.44. The van der Waals surface area contributed by atoms with Gasteiger partial charge in [0.05, 0.1) is 11.9 Å². The molecule has 6 heteroatoms. The van der Waals surface area contributed by atoms with Crippen LogP contribution in [0.15, 0.2) is 41.5 Å². The molecule has 2 aromatic rings. The molecule has 1 aliphatic rings. The molecule has 21 heavy (non-hydrogen) atoms. The normalized spacial score (nSPS) is 21.4. The van der Waals surface area contributed by atoms with Gasteiger partial charge in [0.2, 0.25) is 0 Å². The molecule has 0 aromatic carbocycles. The Hall–Kier alpha value is -2.21. The maximum absolute atomic E-state index is 11.7. The number of hydrogen-bond donors (Lipinski definition) is 2. The Morgan fingerprint density at radius 3 is 2.90 bits per heavy atom. The van der Waals surface area contributed by atoms with Crippen molar-refractivity contribution >= 4 is 5.82 Å². The summed E-state index contributed by atoms with van der Waals surface area (Å²) in [7, 11) is 0. The summed E-state index contributed by atoms with van der Waals surface area (Å²) < 4.78 is 1.33. The van der Waals surface area contributed by atoms with E-state index in [-0.39, 0.29) is 5.56 Å². The Balaban J connectivity index is 1.70. The molecule has 3 rings (SSSR count). The van der Waals surface area contributed by atoms with Crippen LogP contribution in [0.4, 0.5) is 5.82 Å². The molecule has 0 amide bonds. The summed E-state index contributed by atoms with van der Waals surface area (Å²) in [5, 5.41) is 7.46. The minimum absolute atomic E-state index is 0.165. The predicted molar refractivity (Wildman–Crippen MR) is 81.4 cm³/mol. The maximum atomic E-state index is 11.7. The van der Waals surface area contributed by atoms with Crippen LogP contribution in [-0.4, -0.2) is 27.4 Å². The number of pyridine rings is 1. The number of rotatable bonds is 4. The van der Waals surface area contributed by atoms with E-state index < -0.39 is 0 Å². The van der Waals surface area contributed by atoms with Gasteiger partial charge in [-0.3, -0.25) is 4.79 Å². The molecule has 0 aliphatic heterocycles. The first-order chi connectivity index (χ1) is 10.3. The van der Waals surface area contributed by atoms with Gasteiger partial charge in [0.25, 0.3) is 5.56 Å². The van der Waals surface area contributed by atoms with Crippen LogP contribution >= 0.6 is 0 Å². The molecule has 2 heterocycles. The maximum Gasteiger partial charge on any atom is 0.271 e. The number of anilines is 1. The van der Waals surface area contributed by atoms with Crippen LogP contribution in [0.2, 0.25) is 0 Å². The highest BCUT2D eigenvalue weighted by Gasteiger charge is 2.23. The second kappa shape index (κ2) is 6.05. The molecule has 1 saturated carbocycles. The highest BCUT2D eigenvalue weighted by molar-refractivity contribution is 5.41. The van der Waals surface area contributed by atoms with Crippen molar-refractivity contribution in [3.05, 3.63) is 47.0 Å². The lowest BCUT2D eigenvalue weighted by atomic mass is 10.1. The summed E-state index contributed by atoms with van der Waals surface area (Å²) in [6.07, 6.45) is 6.64. The average molecular weight is 285 g/mol. The van der Waals surface area contributed by atoms with E-state index >= 15 is 0 Å². The van der Waals surface area contributed by atoms with Crippen LogP contribution in [-0.2, 0) is 0 Å². The highest BCUT2D eigenvalue weighted by Crippen LogP contribution is 2.26. The first-order valence-electron chi connectivity index (χ1n) is 7.23. The van der Waals surface area contributed by atoms with E-state index in [2.05, 4.69) is 15.4 Å². The number of nitrogens with two attached hydrogens (primary N) is 1. The monoisotopic (exact) mass is 285 g/mol.